The number of halogens is 4. The van der Waals surface area contributed by atoms with Gasteiger partial charge >= 0.3 is 5.97 Å². The summed E-state index contributed by atoms with van der Waals surface area (Å²) in [6.45, 7) is 2.37. The fourth-order valence-corrected chi connectivity index (χ4v) is 5.50. The molecule has 8 heteroatoms. The molecular formula is C31H30F4O4. The van der Waals surface area contributed by atoms with Crippen LogP contribution in [0, 0.1) is 29.2 Å². The van der Waals surface area contributed by atoms with Gasteiger partial charge in [0.2, 0.25) is 5.82 Å². The van der Waals surface area contributed by atoms with Crippen LogP contribution in [0.3, 0.4) is 0 Å². The largest absolute Gasteiger partial charge is 0.420 e. The monoisotopic (exact) mass is 542 g/mol. The van der Waals surface area contributed by atoms with Crippen LogP contribution >= 0.6 is 0 Å². The Morgan fingerprint density at radius 3 is 2.18 bits per heavy atom. The van der Waals surface area contributed by atoms with Gasteiger partial charge in [-0.2, -0.15) is 4.39 Å². The van der Waals surface area contributed by atoms with Crippen LogP contribution < -0.4 is 4.74 Å². The van der Waals surface area contributed by atoms with Crippen LogP contribution in [0.1, 0.15) is 79.0 Å². The Morgan fingerprint density at radius 2 is 1.54 bits per heavy atom. The molecule has 2 atom stereocenters. The second-order valence-corrected chi connectivity index (χ2v) is 10.4. The number of epoxide rings is 1. The summed E-state index contributed by atoms with van der Waals surface area (Å²) < 4.78 is 69.0. The van der Waals surface area contributed by atoms with E-state index in [1.54, 1.807) is 0 Å². The molecule has 1 saturated heterocycles. The number of rotatable bonds is 8. The van der Waals surface area contributed by atoms with E-state index in [9.17, 15) is 27.5 Å². The van der Waals surface area contributed by atoms with Crippen molar-refractivity contribution in [3.05, 3.63) is 88.5 Å². The van der Waals surface area contributed by atoms with Crippen LogP contribution in [0.4, 0.5) is 17.6 Å². The maximum atomic E-state index is 15.0. The highest BCUT2D eigenvalue weighted by molar-refractivity contribution is 5.91. The lowest BCUT2D eigenvalue weighted by molar-refractivity contribution is 0.0725. The molecule has 206 valence electrons. The topological polar surface area (TPSA) is 59.1 Å². The predicted molar refractivity (Wildman–Crippen MR) is 137 cm³/mol. The molecule has 3 aromatic carbocycles. The Labute approximate surface area is 224 Å². The highest BCUT2D eigenvalue weighted by Crippen LogP contribution is 2.40. The Bertz CT molecular complexity index is 1350. The summed E-state index contributed by atoms with van der Waals surface area (Å²) in [6.07, 6.45) is 3.63. The Kier molecular flexibility index (Phi) is 8.05. The first-order chi connectivity index (χ1) is 18.8. The van der Waals surface area contributed by atoms with E-state index in [0.29, 0.717) is 25.0 Å². The fourth-order valence-electron chi connectivity index (χ4n) is 5.50. The van der Waals surface area contributed by atoms with Crippen molar-refractivity contribution in [1.29, 1.82) is 0 Å². The maximum absolute atomic E-state index is 15.0. The van der Waals surface area contributed by atoms with Crippen LogP contribution in [0.15, 0.2) is 48.5 Å². The van der Waals surface area contributed by atoms with Crippen molar-refractivity contribution in [2.75, 3.05) is 6.61 Å². The summed E-state index contributed by atoms with van der Waals surface area (Å²) in [6, 6.07) is 11.2. The van der Waals surface area contributed by atoms with E-state index in [1.165, 1.54) is 48.5 Å². The molecule has 2 fully saturated rings. The molecule has 0 bridgehead atoms. The van der Waals surface area contributed by atoms with Gasteiger partial charge in [-0.25, -0.2) is 18.0 Å². The lowest BCUT2D eigenvalue weighted by Gasteiger charge is -2.32. The molecule has 0 spiro atoms. The van der Waals surface area contributed by atoms with Crippen molar-refractivity contribution >= 4 is 5.97 Å². The first-order valence-corrected chi connectivity index (χ1v) is 13.4. The lowest BCUT2D eigenvalue weighted by atomic mass is 9.76. The highest BCUT2D eigenvalue weighted by Gasteiger charge is 2.31. The minimum Gasteiger partial charge on any atom is -0.420 e. The van der Waals surface area contributed by atoms with Gasteiger partial charge in [0.05, 0.1) is 18.3 Å². The molecule has 1 heterocycles. The van der Waals surface area contributed by atoms with E-state index >= 15 is 0 Å². The van der Waals surface area contributed by atoms with Gasteiger partial charge in [0, 0.05) is 11.1 Å². The molecule has 1 saturated carbocycles. The molecule has 5 rings (SSSR count). The second kappa shape index (κ2) is 11.5. The molecule has 0 aromatic heterocycles. The van der Waals surface area contributed by atoms with Gasteiger partial charge in [-0.15, -0.1) is 0 Å². The first kappa shape index (κ1) is 27.3. The van der Waals surface area contributed by atoms with Crippen molar-refractivity contribution in [2.24, 2.45) is 5.92 Å². The zero-order valence-electron chi connectivity index (χ0n) is 21.6. The van der Waals surface area contributed by atoms with Crippen LogP contribution in [0.5, 0.6) is 5.75 Å². The first-order valence-electron chi connectivity index (χ1n) is 13.4. The maximum Gasteiger partial charge on any atom is 0.343 e. The average molecular weight is 543 g/mol. The number of hydrogen-bond donors (Lipinski definition) is 1. The zero-order chi connectivity index (χ0) is 27.7. The van der Waals surface area contributed by atoms with Crippen LogP contribution in [-0.4, -0.2) is 23.8 Å². The molecular weight excluding hydrogens is 512 g/mol. The third-order valence-electron chi connectivity index (χ3n) is 7.84. The SMILES string of the molecule is CCCC(O)C1CCC(c2ccc(OC(=O)c3ccc(-c4ccc(C5CO5)c(F)c4F)cc3)c(F)c2F)CC1. The van der Waals surface area contributed by atoms with Gasteiger partial charge in [-0.1, -0.05) is 43.7 Å². The molecule has 0 radical (unpaired) electrons. The van der Waals surface area contributed by atoms with Gasteiger partial charge in [0.15, 0.2) is 23.2 Å². The summed E-state index contributed by atoms with van der Waals surface area (Å²) in [5.41, 5.74) is 0.804. The number of aliphatic hydroxyl groups is 1. The number of carbonyl (C=O) groups is 1. The number of benzene rings is 3. The van der Waals surface area contributed by atoms with E-state index in [-0.39, 0.29) is 40.2 Å². The van der Waals surface area contributed by atoms with Crippen LogP contribution in [0.25, 0.3) is 11.1 Å². The number of esters is 1. The highest BCUT2D eigenvalue weighted by atomic mass is 19.2. The lowest BCUT2D eigenvalue weighted by Crippen LogP contribution is -2.25. The van der Waals surface area contributed by atoms with Crippen molar-refractivity contribution in [2.45, 2.75) is 63.6 Å². The van der Waals surface area contributed by atoms with Gasteiger partial charge in [0.1, 0.15) is 6.10 Å². The predicted octanol–water partition coefficient (Wildman–Crippen LogP) is 7.64. The number of carbonyl (C=O) groups excluding carboxylic acids is 1. The van der Waals surface area contributed by atoms with Crippen LogP contribution in [-0.2, 0) is 4.74 Å². The summed E-state index contributed by atoms with van der Waals surface area (Å²) in [7, 11) is 0. The van der Waals surface area contributed by atoms with Crippen molar-refractivity contribution in [3.8, 4) is 16.9 Å². The second-order valence-electron chi connectivity index (χ2n) is 10.4. The van der Waals surface area contributed by atoms with Crippen molar-refractivity contribution < 1.29 is 36.9 Å². The Hall–Kier alpha value is -3.23. The molecule has 2 aliphatic rings. The number of aliphatic hydroxyl groups excluding tert-OH is 1. The molecule has 4 nitrogen and oxygen atoms in total. The minimum atomic E-state index is -1.23. The van der Waals surface area contributed by atoms with E-state index in [1.807, 2.05) is 6.92 Å². The minimum absolute atomic E-state index is 0.0226. The van der Waals surface area contributed by atoms with Crippen molar-refractivity contribution in [3.63, 3.8) is 0 Å². The Balaban J connectivity index is 1.25. The molecule has 1 aliphatic carbocycles. The smallest absolute Gasteiger partial charge is 0.343 e. The third kappa shape index (κ3) is 5.72. The molecule has 1 N–H and O–H groups in total. The van der Waals surface area contributed by atoms with Gasteiger partial charge in [0.25, 0.3) is 0 Å². The van der Waals surface area contributed by atoms with E-state index in [0.717, 1.165) is 25.7 Å². The fraction of sp³-hybridized carbons (Fsp3) is 0.387. The molecule has 0 amide bonds. The van der Waals surface area contributed by atoms with Gasteiger partial charge < -0.3 is 14.6 Å². The number of hydrogen-bond acceptors (Lipinski definition) is 4. The van der Waals surface area contributed by atoms with Crippen LogP contribution in [0.2, 0.25) is 0 Å². The molecule has 3 aromatic rings. The summed E-state index contributed by atoms with van der Waals surface area (Å²) in [5.74, 6) is -5.68. The van der Waals surface area contributed by atoms with Crippen molar-refractivity contribution in [1.82, 2.24) is 0 Å². The number of ether oxygens (including phenoxy) is 2. The van der Waals surface area contributed by atoms with E-state index in [2.05, 4.69) is 0 Å². The van der Waals surface area contributed by atoms with E-state index < -0.39 is 41.1 Å². The molecule has 39 heavy (non-hydrogen) atoms. The average Bonchev–Trinajstić information content (AvgIpc) is 3.79. The Morgan fingerprint density at radius 1 is 0.897 bits per heavy atom. The third-order valence-corrected chi connectivity index (χ3v) is 7.84. The summed E-state index contributed by atoms with van der Waals surface area (Å²) in [4.78, 5) is 12.6. The summed E-state index contributed by atoms with van der Waals surface area (Å²) in [5, 5.41) is 10.3. The summed E-state index contributed by atoms with van der Waals surface area (Å²) >= 11 is 0. The zero-order valence-corrected chi connectivity index (χ0v) is 21.6. The quantitative estimate of drug-likeness (QED) is 0.138. The standard InChI is InChI=1S/C31H30F4O4/c1-2-3-24(36)19-8-4-17(5-9-19)22-14-15-25(30(35)28(22)33)39-31(37)20-10-6-18(7-11-20)21-12-13-23(26-16-38-26)29(34)27(21)32/h6-7,10-15,17,19,24,26,36H,2-5,8-9,16H2,1H3. The van der Waals surface area contributed by atoms with Gasteiger partial charge in [-0.3, -0.25) is 0 Å². The van der Waals surface area contributed by atoms with Gasteiger partial charge in [-0.05, 0) is 73.3 Å². The molecule has 2 unspecified atom stereocenters. The molecule has 1 aliphatic heterocycles. The van der Waals surface area contributed by atoms with E-state index in [4.69, 9.17) is 9.47 Å². The normalized spacial score (nSPS) is 21.4.